The van der Waals surface area contributed by atoms with E-state index >= 15 is 0 Å². The number of aromatic nitrogens is 1. The lowest BCUT2D eigenvalue weighted by Crippen LogP contribution is -2.30. The summed E-state index contributed by atoms with van der Waals surface area (Å²) in [4.78, 5) is 39.9. The highest BCUT2D eigenvalue weighted by molar-refractivity contribution is 8.13. The number of hydrogen-bond acceptors (Lipinski definition) is 6. The van der Waals surface area contributed by atoms with E-state index in [1.54, 1.807) is 11.8 Å². The normalized spacial score (nSPS) is 14.5. The summed E-state index contributed by atoms with van der Waals surface area (Å²) in [6, 6.07) is 0. The van der Waals surface area contributed by atoms with Gasteiger partial charge in [-0.1, -0.05) is 11.8 Å². The Kier molecular flexibility index (Phi) is 5.18. The molecule has 0 saturated carbocycles. The van der Waals surface area contributed by atoms with Gasteiger partial charge in [0.15, 0.2) is 0 Å². The van der Waals surface area contributed by atoms with Gasteiger partial charge in [0.1, 0.15) is 9.88 Å². The molecular weight excluding hydrogens is 314 g/mol. The molecule has 2 amide bonds. The van der Waals surface area contributed by atoms with E-state index in [1.807, 2.05) is 0 Å². The van der Waals surface area contributed by atoms with Gasteiger partial charge in [0.25, 0.3) is 5.24 Å². The Labute approximate surface area is 129 Å². The van der Waals surface area contributed by atoms with Crippen molar-refractivity contribution in [1.82, 2.24) is 15.2 Å². The summed E-state index contributed by atoms with van der Waals surface area (Å²) in [7, 11) is 0. The van der Waals surface area contributed by atoms with Crippen molar-refractivity contribution in [2.24, 2.45) is 0 Å². The molecular formula is C12H15N3O4S2. The van der Waals surface area contributed by atoms with Crippen molar-refractivity contribution in [1.29, 1.82) is 0 Å². The summed E-state index contributed by atoms with van der Waals surface area (Å²) < 4.78 is 0. The lowest BCUT2D eigenvalue weighted by atomic mass is 10.3. The number of nitrogens with zero attached hydrogens (tertiary/aromatic N) is 2. The third kappa shape index (κ3) is 4.18. The van der Waals surface area contributed by atoms with E-state index < -0.39 is 5.97 Å². The zero-order chi connectivity index (χ0) is 15.4. The molecule has 0 aliphatic carbocycles. The predicted octanol–water partition coefficient (Wildman–Crippen LogP) is 1.32. The first-order valence-electron chi connectivity index (χ1n) is 6.35. The highest BCUT2D eigenvalue weighted by Crippen LogP contribution is 2.18. The molecule has 7 nitrogen and oxygen atoms in total. The number of carbonyl (C=O) groups excluding carboxylic acids is 2. The third-order valence-corrected chi connectivity index (χ3v) is 4.96. The smallest absolute Gasteiger partial charge is 0.347 e. The molecule has 1 aliphatic heterocycles. The zero-order valence-electron chi connectivity index (χ0n) is 11.4. The molecule has 0 atom stereocenters. The second-order valence-electron chi connectivity index (χ2n) is 4.46. The Morgan fingerprint density at radius 2 is 2.24 bits per heavy atom. The summed E-state index contributed by atoms with van der Waals surface area (Å²) in [5.41, 5.74) is 0.455. The molecule has 1 aromatic rings. The number of hydrogen-bond donors (Lipinski definition) is 2. The van der Waals surface area contributed by atoms with Crippen molar-refractivity contribution in [3.63, 3.8) is 0 Å². The van der Waals surface area contributed by atoms with Gasteiger partial charge in [0.05, 0.1) is 12.2 Å². The molecule has 0 spiro atoms. The number of amides is 2. The van der Waals surface area contributed by atoms with E-state index in [0.29, 0.717) is 23.8 Å². The van der Waals surface area contributed by atoms with Gasteiger partial charge in [0.2, 0.25) is 5.91 Å². The van der Waals surface area contributed by atoms with Crippen LogP contribution in [0.15, 0.2) is 0 Å². The van der Waals surface area contributed by atoms with Crippen LogP contribution in [-0.2, 0) is 11.3 Å². The Morgan fingerprint density at radius 3 is 2.81 bits per heavy atom. The van der Waals surface area contributed by atoms with E-state index in [2.05, 4.69) is 10.3 Å². The van der Waals surface area contributed by atoms with Gasteiger partial charge in [-0.15, -0.1) is 11.3 Å². The fraction of sp³-hybridized carbons (Fsp3) is 0.500. The number of rotatable bonds is 6. The highest BCUT2D eigenvalue weighted by Gasteiger charge is 2.21. The number of carboxylic acids is 1. The average molecular weight is 329 g/mol. The standard InChI is InChI=1S/C12H15N3O4S2/c1-7-10(11(17)18)21-9(14-7)6-13-8(16)2-3-15-4-5-20-12(15)19/h2-6H2,1H3,(H,13,16)(H,17,18). The van der Waals surface area contributed by atoms with Gasteiger partial charge in [-0.3, -0.25) is 9.59 Å². The maximum Gasteiger partial charge on any atom is 0.347 e. The molecule has 1 aromatic heterocycles. The molecule has 1 aliphatic rings. The minimum Gasteiger partial charge on any atom is -0.477 e. The topological polar surface area (TPSA) is 99.6 Å². The van der Waals surface area contributed by atoms with Gasteiger partial charge in [-0.2, -0.15) is 0 Å². The summed E-state index contributed by atoms with van der Waals surface area (Å²) in [6.07, 6.45) is 0.239. The molecule has 1 fully saturated rings. The average Bonchev–Trinajstić information content (AvgIpc) is 3.00. The van der Waals surface area contributed by atoms with Crippen molar-refractivity contribution in [2.45, 2.75) is 19.9 Å². The monoisotopic (exact) mass is 329 g/mol. The Hall–Kier alpha value is -1.61. The lowest BCUT2D eigenvalue weighted by molar-refractivity contribution is -0.121. The molecule has 9 heteroatoms. The van der Waals surface area contributed by atoms with Crippen LogP contribution in [0.4, 0.5) is 4.79 Å². The summed E-state index contributed by atoms with van der Waals surface area (Å²) >= 11 is 2.33. The number of nitrogens with one attached hydrogen (secondary N) is 1. The molecule has 1 saturated heterocycles. The Balaban J connectivity index is 1.77. The highest BCUT2D eigenvalue weighted by atomic mass is 32.2. The second kappa shape index (κ2) is 6.90. The van der Waals surface area contributed by atoms with Gasteiger partial charge in [0, 0.05) is 25.3 Å². The molecule has 0 aromatic carbocycles. The van der Waals surface area contributed by atoms with Crippen LogP contribution in [-0.4, -0.2) is 50.9 Å². The number of aromatic carboxylic acids is 1. The van der Waals surface area contributed by atoms with Gasteiger partial charge in [-0.05, 0) is 6.92 Å². The molecule has 0 unspecified atom stereocenters. The molecule has 114 valence electrons. The van der Waals surface area contributed by atoms with Crippen LogP contribution < -0.4 is 5.32 Å². The van der Waals surface area contributed by atoms with Crippen LogP contribution in [0.2, 0.25) is 0 Å². The lowest BCUT2D eigenvalue weighted by Gasteiger charge is -2.13. The van der Waals surface area contributed by atoms with Crippen LogP contribution in [0.5, 0.6) is 0 Å². The number of carbonyl (C=O) groups is 3. The summed E-state index contributed by atoms with van der Waals surface area (Å²) in [6.45, 7) is 2.93. The van der Waals surface area contributed by atoms with E-state index in [1.165, 1.54) is 11.8 Å². The number of carboxylic acid groups (broad SMARTS) is 1. The van der Waals surface area contributed by atoms with E-state index in [-0.39, 0.29) is 29.0 Å². The van der Waals surface area contributed by atoms with Gasteiger partial charge < -0.3 is 15.3 Å². The predicted molar refractivity (Wildman–Crippen MR) is 79.7 cm³/mol. The molecule has 21 heavy (non-hydrogen) atoms. The molecule has 2 N–H and O–H groups in total. The first-order chi connectivity index (χ1) is 9.97. The molecule has 0 radical (unpaired) electrons. The number of thioether (sulfide) groups is 1. The van der Waals surface area contributed by atoms with E-state index in [9.17, 15) is 14.4 Å². The maximum atomic E-state index is 11.7. The zero-order valence-corrected chi connectivity index (χ0v) is 13.1. The van der Waals surface area contributed by atoms with Crippen molar-refractivity contribution in [3.8, 4) is 0 Å². The van der Waals surface area contributed by atoms with Crippen molar-refractivity contribution < 1.29 is 19.5 Å². The van der Waals surface area contributed by atoms with Crippen LogP contribution in [0.3, 0.4) is 0 Å². The molecule has 2 heterocycles. The largest absolute Gasteiger partial charge is 0.477 e. The van der Waals surface area contributed by atoms with Crippen LogP contribution in [0, 0.1) is 6.92 Å². The second-order valence-corrected chi connectivity index (χ2v) is 6.59. The Bertz CT molecular complexity index is 573. The van der Waals surface area contributed by atoms with Crippen LogP contribution in [0.25, 0.3) is 0 Å². The van der Waals surface area contributed by atoms with Crippen molar-refractivity contribution in [2.75, 3.05) is 18.8 Å². The first kappa shape index (κ1) is 15.8. The maximum absolute atomic E-state index is 11.7. The number of thiazole rings is 1. The molecule has 0 bridgehead atoms. The van der Waals surface area contributed by atoms with Gasteiger partial charge >= 0.3 is 5.97 Å². The summed E-state index contributed by atoms with van der Waals surface area (Å²) in [5, 5.41) is 12.2. The number of aryl methyl sites for hydroxylation is 1. The SMILES string of the molecule is Cc1nc(CNC(=O)CCN2CCSC2=O)sc1C(=O)O. The fourth-order valence-electron chi connectivity index (χ4n) is 1.85. The van der Waals surface area contributed by atoms with E-state index in [4.69, 9.17) is 5.11 Å². The van der Waals surface area contributed by atoms with Gasteiger partial charge in [-0.25, -0.2) is 9.78 Å². The third-order valence-electron chi connectivity index (χ3n) is 2.93. The minimum absolute atomic E-state index is 0.0180. The quantitative estimate of drug-likeness (QED) is 0.816. The van der Waals surface area contributed by atoms with Crippen LogP contribution >= 0.6 is 23.1 Å². The van der Waals surface area contributed by atoms with Crippen LogP contribution in [0.1, 0.15) is 26.8 Å². The molecule has 2 rings (SSSR count). The minimum atomic E-state index is -1.01. The fourth-order valence-corrected chi connectivity index (χ4v) is 3.55. The Morgan fingerprint density at radius 1 is 1.48 bits per heavy atom. The van der Waals surface area contributed by atoms with E-state index in [0.717, 1.165) is 17.1 Å². The summed E-state index contributed by atoms with van der Waals surface area (Å²) in [5.74, 6) is -0.409. The van der Waals surface area contributed by atoms with Crippen molar-refractivity contribution in [3.05, 3.63) is 15.6 Å². The van der Waals surface area contributed by atoms with Crippen molar-refractivity contribution >= 4 is 40.2 Å². The first-order valence-corrected chi connectivity index (χ1v) is 8.15.